The van der Waals surface area contributed by atoms with Crippen molar-refractivity contribution in [1.29, 1.82) is 0 Å². The molecule has 1 amide bonds. The van der Waals surface area contributed by atoms with E-state index in [4.69, 9.17) is 0 Å². The van der Waals surface area contributed by atoms with Crippen LogP contribution in [0, 0.1) is 13.8 Å². The van der Waals surface area contributed by atoms with Gasteiger partial charge in [0.1, 0.15) is 0 Å². The Bertz CT molecular complexity index is 773. The quantitative estimate of drug-likeness (QED) is 0.741. The van der Waals surface area contributed by atoms with E-state index in [1.54, 1.807) is 22.7 Å². The minimum atomic E-state index is 0.0621. The Morgan fingerprint density at radius 3 is 2.87 bits per heavy atom. The van der Waals surface area contributed by atoms with Crippen molar-refractivity contribution in [2.75, 3.05) is 6.54 Å². The summed E-state index contributed by atoms with van der Waals surface area (Å²) in [6, 6.07) is 6.07. The van der Waals surface area contributed by atoms with Gasteiger partial charge < -0.3 is 5.32 Å². The number of amides is 1. The number of carbonyl (C=O) groups is 1. The molecule has 0 aliphatic heterocycles. The van der Waals surface area contributed by atoms with E-state index in [0.29, 0.717) is 19.5 Å². The Morgan fingerprint density at radius 1 is 1.30 bits per heavy atom. The number of carbonyl (C=O) groups excluding carboxylic acids is 1. The summed E-state index contributed by atoms with van der Waals surface area (Å²) in [7, 11) is 0. The second-order valence-corrected chi connectivity index (χ2v) is 7.20. The Hall–Kier alpha value is -1.92. The molecule has 3 aromatic heterocycles. The van der Waals surface area contributed by atoms with Crippen LogP contribution in [0.5, 0.6) is 0 Å². The molecule has 3 rings (SSSR count). The molecule has 1 N–H and O–H groups in total. The standard InChI is InChI=1S/C17H19N3OS2/c1-12-17(14-5-9-22-11-14)13(2)20(19-12)7-6-18-16(21)10-15-4-3-8-23-15/h3-5,8-9,11H,6-7,10H2,1-2H3,(H,18,21). The highest BCUT2D eigenvalue weighted by Crippen LogP contribution is 2.28. The van der Waals surface area contributed by atoms with Crippen molar-refractivity contribution in [3.05, 3.63) is 50.6 Å². The first-order valence-electron chi connectivity index (χ1n) is 7.51. The van der Waals surface area contributed by atoms with Gasteiger partial charge in [-0.15, -0.1) is 11.3 Å². The summed E-state index contributed by atoms with van der Waals surface area (Å²) in [6.07, 6.45) is 0.453. The molecule has 0 fully saturated rings. The Kier molecular flexibility index (Phi) is 4.93. The highest BCUT2D eigenvalue weighted by atomic mass is 32.1. The summed E-state index contributed by atoms with van der Waals surface area (Å²) in [5, 5.41) is 13.8. The number of aryl methyl sites for hydroxylation is 1. The van der Waals surface area contributed by atoms with Gasteiger partial charge >= 0.3 is 0 Å². The average molecular weight is 345 g/mol. The molecule has 23 heavy (non-hydrogen) atoms. The summed E-state index contributed by atoms with van der Waals surface area (Å²) in [6.45, 7) is 5.40. The van der Waals surface area contributed by atoms with E-state index < -0.39 is 0 Å². The monoisotopic (exact) mass is 345 g/mol. The number of hydrogen-bond donors (Lipinski definition) is 1. The largest absolute Gasteiger partial charge is 0.354 e. The van der Waals surface area contributed by atoms with E-state index in [1.807, 2.05) is 29.1 Å². The molecule has 0 aliphatic rings. The maximum absolute atomic E-state index is 11.9. The molecule has 0 radical (unpaired) electrons. The molecular weight excluding hydrogens is 326 g/mol. The molecule has 0 saturated heterocycles. The lowest BCUT2D eigenvalue weighted by molar-refractivity contribution is -0.120. The van der Waals surface area contributed by atoms with E-state index in [1.165, 1.54) is 11.1 Å². The lowest BCUT2D eigenvalue weighted by Gasteiger charge is -2.07. The molecule has 0 atom stereocenters. The molecule has 0 aliphatic carbocycles. The van der Waals surface area contributed by atoms with Gasteiger partial charge in [0.25, 0.3) is 0 Å². The third-order valence-electron chi connectivity index (χ3n) is 3.75. The third-order valence-corrected chi connectivity index (χ3v) is 5.31. The highest BCUT2D eigenvalue weighted by Gasteiger charge is 2.13. The summed E-state index contributed by atoms with van der Waals surface area (Å²) in [5.41, 5.74) is 4.60. The van der Waals surface area contributed by atoms with Crippen molar-refractivity contribution in [1.82, 2.24) is 15.1 Å². The second kappa shape index (κ2) is 7.10. The van der Waals surface area contributed by atoms with Gasteiger partial charge in [-0.1, -0.05) is 6.07 Å². The van der Waals surface area contributed by atoms with Gasteiger partial charge in [-0.05, 0) is 47.7 Å². The maximum atomic E-state index is 11.9. The van der Waals surface area contributed by atoms with Gasteiger partial charge in [0.2, 0.25) is 5.91 Å². The predicted octanol–water partition coefficient (Wildman–Crippen LogP) is 3.65. The first-order chi connectivity index (χ1) is 11.1. The minimum absolute atomic E-state index is 0.0621. The molecular formula is C17H19N3OS2. The van der Waals surface area contributed by atoms with Crippen LogP contribution in [0.2, 0.25) is 0 Å². The van der Waals surface area contributed by atoms with Crippen LogP contribution in [0.4, 0.5) is 0 Å². The highest BCUT2D eigenvalue weighted by molar-refractivity contribution is 7.10. The second-order valence-electron chi connectivity index (χ2n) is 5.39. The van der Waals surface area contributed by atoms with Crippen LogP contribution in [0.15, 0.2) is 34.3 Å². The molecule has 4 nitrogen and oxygen atoms in total. The summed E-state index contributed by atoms with van der Waals surface area (Å²) in [5.74, 6) is 0.0621. The number of aromatic nitrogens is 2. The van der Waals surface area contributed by atoms with Crippen LogP contribution in [0.25, 0.3) is 11.1 Å². The smallest absolute Gasteiger partial charge is 0.225 e. The molecule has 0 saturated carbocycles. The fourth-order valence-electron chi connectivity index (χ4n) is 2.67. The first kappa shape index (κ1) is 16.0. The van der Waals surface area contributed by atoms with Gasteiger partial charge in [-0.25, -0.2) is 0 Å². The zero-order valence-electron chi connectivity index (χ0n) is 13.2. The van der Waals surface area contributed by atoms with Gasteiger partial charge in [0.15, 0.2) is 0 Å². The lowest BCUT2D eigenvalue weighted by Crippen LogP contribution is -2.28. The number of thiophene rings is 2. The van der Waals surface area contributed by atoms with Crippen molar-refractivity contribution in [3.63, 3.8) is 0 Å². The summed E-state index contributed by atoms with van der Waals surface area (Å²) in [4.78, 5) is 13.0. The third kappa shape index (κ3) is 3.71. The van der Waals surface area contributed by atoms with E-state index in [2.05, 4.69) is 34.2 Å². The number of rotatable bonds is 6. The Morgan fingerprint density at radius 2 is 2.17 bits per heavy atom. The molecule has 0 aromatic carbocycles. The summed E-state index contributed by atoms with van der Waals surface area (Å²) < 4.78 is 1.98. The number of nitrogens with one attached hydrogen (secondary N) is 1. The molecule has 120 valence electrons. The number of hydrogen-bond acceptors (Lipinski definition) is 4. The number of nitrogens with zero attached hydrogens (tertiary/aromatic N) is 2. The SMILES string of the molecule is Cc1nn(CCNC(=O)Cc2cccs2)c(C)c1-c1ccsc1. The van der Waals surface area contributed by atoms with Crippen LogP contribution < -0.4 is 5.32 Å². The zero-order chi connectivity index (χ0) is 16.2. The van der Waals surface area contributed by atoms with Crippen molar-refractivity contribution in [2.45, 2.75) is 26.8 Å². The molecule has 0 bridgehead atoms. The average Bonchev–Trinajstić information content (AvgIpc) is 3.23. The topological polar surface area (TPSA) is 46.9 Å². The Labute approximate surface area is 143 Å². The van der Waals surface area contributed by atoms with Crippen LogP contribution in [-0.2, 0) is 17.8 Å². The van der Waals surface area contributed by atoms with E-state index in [9.17, 15) is 4.79 Å². The fourth-order valence-corrected chi connectivity index (χ4v) is 4.02. The molecule has 0 unspecified atom stereocenters. The lowest BCUT2D eigenvalue weighted by atomic mass is 10.1. The van der Waals surface area contributed by atoms with E-state index in [-0.39, 0.29) is 5.91 Å². The minimum Gasteiger partial charge on any atom is -0.354 e. The van der Waals surface area contributed by atoms with Crippen LogP contribution in [-0.4, -0.2) is 22.2 Å². The van der Waals surface area contributed by atoms with Crippen molar-refractivity contribution in [2.24, 2.45) is 0 Å². The van der Waals surface area contributed by atoms with Crippen molar-refractivity contribution in [3.8, 4) is 11.1 Å². The molecule has 0 spiro atoms. The normalized spacial score (nSPS) is 10.9. The van der Waals surface area contributed by atoms with Gasteiger partial charge in [-0.2, -0.15) is 16.4 Å². The fraction of sp³-hybridized carbons (Fsp3) is 0.294. The van der Waals surface area contributed by atoms with Gasteiger partial charge in [0.05, 0.1) is 18.7 Å². The predicted molar refractivity (Wildman–Crippen MR) is 96.0 cm³/mol. The van der Waals surface area contributed by atoms with Gasteiger partial charge in [0, 0.05) is 22.7 Å². The van der Waals surface area contributed by atoms with E-state index in [0.717, 1.165) is 16.3 Å². The van der Waals surface area contributed by atoms with Crippen LogP contribution in [0.3, 0.4) is 0 Å². The summed E-state index contributed by atoms with van der Waals surface area (Å²) >= 11 is 3.30. The first-order valence-corrected chi connectivity index (χ1v) is 9.33. The molecule has 6 heteroatoms. The Balaban J connectivity index is 1.59. The zero-order valence-corrected chi connectivity index (χ0v) is 14.8. The van der Waals surface area contributed by atoms with Crippen LogP contribution in [0.1, 0.15) is 16.3 Å². The van der Waals surface area contributed by atoms with Gasteiger partial charge in [-0.3, -0.25) is 9.48 Å². The van der Waals surface area contributed by atoms with Crippen LogP contribution >= 0.6 is 22.7 Å². The van der Waals surface area contributed by atoms with E-state index >= 15 is 0 Å². The maximum Gasteiger partial charge on any atom is 0.225 e. The molecule has 3 aromatic rings. The van der Waals surface area contributed by atoms with Crippen molar-refractivity contribution >= 4 is 28.6 Å². The van der Waals surface area contributed by atoms with Crippen molar-refractivity contribution < 1.29 is 4.79 Å². The molecule has 3 heterocycles.